The van der Waals surface area contributed by atoms with Crippen molar-refractivity contribution in [3.8, 4) is 0 Å². The third kappa shape index (κ3) is 8.60. The van der Waals surface area contributed by atoms with Crippen LogP contribution in [0.4, 0.5) is 0 Å². The van der Waals surface area contributed by atoms with E-state index in [1.54, 1.807) is 0 Å². The fraction of sp³-hybridized carbons (Fsp3) is 0.667. The molecule has 0 amide bonds. The van der Waals surface area contributed by atoms with Crippen LogP contribution in [0.1, 0.15) is 58.4 Å². The Morgan fingerprint density at radius 2 is 1.81 bits per heavy atom. The molecular formula is C18H30BrNO. The van der Waals surface area contributed by atoms with Crippen molar-refractivity contribution in [3.05, 3.63) is 34.3 Å². The van der Waals surface area contributed by atoms with Crippen LogP contribution in [-0.4, -0.2) is 25.3 Å². The van der Waals surface area contributed by atoms with E-state index in [1.165, 1.54) is 12.0 Å². The Morgan fingerprint density at radius 3 is 2.38 bits per heavy atom. The zero-order chi connectivity index (χ0) is 15.7. The number of ether oxygens (including phenoxy) is 1. The molecule has 0 saturated heterocycles. The second-order valence-electron chi connectivity index (χ2n) is 6.63. The summed E-state index contributed by atoms with van der Waals surface area (Å²) in [6.07, 6.45) is 3.42. The summed E-state index contributed by atoms with van der Waals surface area (Å²) >= 11 is 3.51. The van der Waals surface area contributed by atoms with Crippen molar-refractivity contribution in [1.29, 1.82) is 0 Å². The van der Waals surface area contributed by atoms with Gasteiger partial charge < -0.3 is 10.1 Å². The number of rotatable bonds is 9. The van der Waals surface area contributed by atoms with Crippen LogP contribution in [0.15, 0.2) is 28.7 Å². The molecule has 0 saturated carbocycles. The van der Waals surface area contributed by atoms with Crippen molar-refractivity contribution in [1.82, 2.24) is 5.32 Å². The minimum absolute atomic E-state index is 0.149. The number of hydrogen-bond donors (Lipinski definition) is 1. The fourth-order valence-electron chi connectivity index (χ4n) is 2.12. The largest absolute Gasteiger partial charge is 0.381 e. The molecule has 0 fully saturated rings. The molecule has 1 atom stereocenters. The minimum atomic E-state index is 0.149. The summed E-state index contributed by atoms with van der Waals surface area (Å²) in [7, 11) is 0. The summed E-state index contributed by atoms with van der Waals surface area (Å²) in [6, 6.07) is 8.67. The molecule has 0 aromatic heterocycles. The van der Waals surface area contributed by atoms with Gasteiger partial charge in [-0.15, -0.1) is 0 Å². The molecule has 3 heteroatoms. The molecule has 1 aromatic rings. The summed E-state index contributed by atoms with van der Waals surface area (Å²) in [5.41, 5.74) is 1.53. The Bertz CT molecular complexity index is 383. The van der Waals surface area contributed by atoms with Crippen molar-refractivity contribution in [3.63, 3.8) is 0 Å². The van der Waals surface area contributed by atoms with E-state index in [0.29, 0.717) is 5.92 Å². The molecule has 1 rings (SSSR count). The zero-order valence-electron chi connectivity index (χ0n) is 13.9. The lowest BCUT2D eigenvalue weighted by Crippen LogP contribution is -2.38. The third-order valence-electron chi connectivity index (χ3n) is 3.47. The van der Waals surface area contributed by atoms with Gasteiger partial charge in [-0.1, -0.05) is 41.4 Å². The fourth-order valence-corrected chi connectivity index (χ4v) is 2.39. The quantitative estimate of drug-likeness (QED) is 0.620. The van der Waals surface area contributed by atoms with Crippen LogP contribution in [0, 0.1) is 0 Å². The second-order valence-corrected chi connectivity index (χ2v) is 7.55. The normalized spacial score (nSPS) is 13.4. The highest BCUT2D eigenvalue weighted by atomic mass is 79.9. The first kappa shape index (κ1) is 18.7. The van der Waals surface area contributed by atoms with Crippen molar-refractivity contribution in [2.45, 2.75) is 58.4 Å². The van der Waals surface area contributed by atoms with Gasteiger partial charge in [0.1, 0.15) is 0 Å². The number of hydrogen-bond acceptors (Lipinski definition) is 2. The molecule has 0 bridgehead atoms. The van der Waals surface area contributed by atoms with E-state index in [4.69, 9.17) is 4.74 Å². The number of halogens is 1. The Morgan fingerprint density at radius 1 is 1.14 bits per heavy atom. The van der Waals surface area contributed by atoms with Crippen LogP contribution in [0.2, 0.25) is 0 Å². The van der Waals surface area contributed by atoms with Crippen LogP contribution < -0.4 is 5.32 Å². The number of unbranched alkanes of at least 4 members (excludes halogenated alkanes) is 1. The predicted molar refractivity (Wildman–Crippen MR) is 95.0 cm³/mol. The highest BCUT2D eigenvalue weighted by molar-refractivity contribution is 9.10. The highest BCUT2D eigenvalue weighted by Crippen LogP contribution is 2.22. The van der Waals surface area contributed by atoms with E-state index < -0.39 is 0 Å². The Balaban J connectivity index is 2.55. The lowest BCUT2D eigenvalue weighted by molar-refractivity contribution is 0.123. The molecule has 0 radical (unpaired) electrons. The Hall–Kier alpha value is -0.380. The Labute approximate surface area is 138 Å². The van der Waals surface area contributed by atoms with E-state index in [-0.39, 0.29) is 5.54 Å². The average molecular weight is 356 g/mol. The van der Waals surface area contributed by atoms with E-state index in [1.807, 2.05) is 0 Å². The van der Waals surface area contributed by atoms with Crippen LogP contribution in [0.25, 0.3) is 0 Å². The van der Waals surface area contributed by atoms with Crippen LogP contribution in [0.5, 0.6) is 0 Å². The van der Waals surface area contributed by atoms with Gasteiger partial charge in [0, 0.05) is 29.8 Å². The van der Waals surface area contributed by atoms with E-state index in [2.05, 4.69) is 73.2 Å². The maximum atomic E-state index is 5.74. The molecule has 1 N–H and O–H groups in total. The van der Waals surface area contributed by atoms with Crippen molar-refractivity contribution in [2.75, 3.05) is 19.8 Å². The van der Waals surface area contributed by atoms with E-state index in [9.17, 15) is 0 Å². The van der Waals surface area contributed by atoms with Crippen molar-refractivity contribution >= 4 is 15.9 Å². The van der Waals surface area contributed by atoms with Gasteiger partial charge in [0.05, 0.1) is 0 Å². The summed E-state index contributed by atoms with van der Waals surface area (Å²) < 4.78 is 6.88. The predicted octanol–water partition coefficient (Wildman–Crippen LogP) is 5.13. The van der Waals surface area contributed by atoms with Crippen molar-refractivity contribution < 1.29 is 4.74 Å². The minimum Gasteiger partial charge on any atom is -0.381 e. The summed E-state index contributed by atoms with van der Waals surface area (Å²) in [6.45, 7) is 11.5. The van der Waals surface area contributed by atoms with Crippen LogP contribution in [0.3, 0.4) is 0 Å². The third-order valence-corrected chi connectivity index (χ3v) is 4.00. The number of benzene rings is 1. The second kappa shape index (κ2) is 9.60. The van der Waals surface area contributed by atoms with Crippen molar-refractivity contribution in [2.24, 2.45) is 0 Å². The standard InChI is InChI=1S/C18H30BrNO/c1-5-6-12-21-13-11-16(14-20-18(2,3)4)15-7-9-17(19)10-8-15/h7-10,16,20H,5-6,11-14H2,1-4H3. The molecule has 120 valence electrons. The molecule has 1 aromatic carbocycles. The maximum Gasteiger partial charge on any atom is 0.0472 e. The molecule has 21 heavy (non-hydrogen) atoms. The molecule has 0 aliphatic carbocycles. The molecular weight excluding hydrogens is 326 g/mol. The first-order valence-electron chi connectivity index (χ1n) is 8.00. The monoisotopic (exact) mass is 355 g/mol. The van der Waals surface area contributed by atoms with Gasteiger partial charge >= 0.3 is 0 Å². The van der Waals surface area contributed by atoms with Gasteiger partial charge in [0.15, 0.2) is 0 Å². The maximum absolute atomic E-state index is 5.74. The van der Waals surface area contributed by atoms with Gasteiger partial charge in [-0.3, -0.25) is 0 Å². The highest BCUT2D eigenvalue weighted by Gasteiger charge is 2.16. The van der Waals surface area contributed by atoms with Crippen LogP contribution in [-0.2, 0) is 4.74 Å². The molecule has 0 heterocycles. The van der Waals surface area contributed by atoms with Gasteiger partial charge in [-0.2, -0.15) is 0 Å². The summed E-state index contributed by atoms with van der Waals surface area (Å²) in [5.74, 6) is 0.499. The van der Waals surface area contributed by atoms with E-state index in [0.717, 1.165) is 37.1 Å². The zero-order valence-corrected chi connectivity index (χ0v) is 15.5. The number of nitrogens with one attached hydrogen (secondary N) is 1. The van der Waals surface area contributed by atoms with E-state index >= 15 is 0 Å². The molecule has 0 aliphatic rings. The lowest BCUT2D eigenvalue weighted by Gasteiger charge is -2.25. The molecule has 2 nitrogen and oxygen atoms in total. The summed E-state index contributed by atoms with van der Waals surface area (Å²) in [5, 5.41) is 3.62. The first-order valence-corrected chi connectivity index (χ1v) is 8.80. The van der Waals surface area contributed by atoms with Crippen LogP contribution >= 0.6 is 15.9 Å². The van der Waals surface area contributed by atoms with Gasteiger partial charge in [-0.05, 0) is 57.2 Å². The molecule has 1 unspecified atom stereocenters. The lowest BCUT2D eigenvalue weighted by atomic mass is 9.95. The Kier molecular flexibility index (Phi) is 8.53. The topological polar surface area (TPSA) is 21.3 Å². The smallest absolute Gasteiger partial charge is 0.0472 e. The average Bonchev–Trinajstić information content (AvgIpc) is 2.42. The first-order chi connectivity index (χ1) is 9.92. The van der Waals surface area contributed by atoms with Gasteiger partial charge in [0.2, 0.25) is 0 Å². The summed E-state index contributed by atoms with van der Waals surface area (Å²) in [4.78, 5) is 0. The van der Waals surface area contributed by atoms with Gasteiger partial charge in [-0.25, -0.2) is 0 Å². The molecule has 0 aliphatic heterocycles. The molecule has 0 spiro atoms. The van der Waals surface area contributed by atoms with Gasteiger partial charge in [0.25, 0.3) is 0 Å². The SMILES string of the molecule is CCCCOCCC(CNC(C)(C)C)c1ccc(Br)cc1.